The van der Waals surface area contributed by atoms with Crippen LogP contribution in [0.4, 0.5) is 26.3 Å². The molecule has 0 aliphatic carbocycles. The summed E-state index contributed by atoms with van der Waals surface area (Å²) in [4.78, 5) is 1.46. The molecule has 2 N–H and O–H groups in total. The number of hydrogen-bond donors (Lipinski definition) is 2. The Labute approximate surface area is 202 Å². The zero-order chi connectivity index (χ0) is 27.4. The summed E-state index contributed by atoms with van der Waals surface area (Å²) in [5, 5.41) is 0. The zero-order valence-electron chi connectivity index (χ0n) is 19.9. The second-order valence-electron chi connectivity index (χ2n) is 8.88. The third kappa shape index (κ3) is 8.88. The average molecular weight is 556 g/mol. The molecule has 0 spiro atoms. The lowest BCUT2D eigenvalue weighted by atomic mass is 9.99. The van der Waals surface area contributed by atoms with Crippen LogP contribution in [0.5, 0.6) is 0 Å². The standard InChI is InChI=1S/C20H31F6N3O4S2/c1-13(2)17(27-34(30,31)19(21,22)23)11-29(15(5)16-9-7-6-8-10-16)12-18(14(3)4)28-35(32,33)20(24,25)26/h6-10,13-15,17-18,27-28H,11-12H2,1-5H3/t15-,17-,18-/m1/s1. The second-order valence-corrected chi connectivity index (χ2v) is 12.3. The smallest absolute Gasteiger partial charge is 0.293 e. The van der Waals surface area contributed by atoms with Crippen LogP contribution < -0.4 is 9.44 Å². The molecule has 1 aromatic rings. The maximum absolute atomic E-state index is 13.0. The lowest BCUT2D eigenvalue weighted by Crippen LogP contribution is -2.54. The molecule has 0 heterocycles. The molecule has 0 amide bonds. The highest BCUT2D eigenvalue weighted by Crippen LogP contribution is 2.27. The molecule has 15 heteroatoms. The van der Waals surface area contributed by atoms with Gasteiger partial charge in [-0.1, -0.05) is 58.0 Å². The van der Waals surface area contributed by atoms with Gasteiger partial charge in [0.25, 0.3) is 0 Å². The molecule has 1 rings (SSSR count). The summed E-state index contributed by atoms with van der Waals surface area (Å²) in [6.07, 6.45) is 0. The van der Waals surface area contributed by atoms with Gasteiger partial charge >= 0.3 is 31.1 Å². The molecule has 0 fully saturated rings. The Morgan fingerprint density at radius 2 is 1.06 bits per heavy atom. The first-order valence-corrected chi connectivity index (χ1v) is 13.6. The van der Waals surface area contributed by atoms with E-state index in [2.05, 4.69) is 0 Å². The number of sulfonamides is 2. The minimum Gasteiger partial charge on any atom is -0.293 e. The van der Waals surface area contributed by atoms with Crippen LogP contribution in [-0.2, 0) is 20.0 Å². The van der Waals surface area contributed by atoms with Crippen LogP contribution in [0.1, 0.15) is 46.2 Å². The van der Waals surface area contributed by atoms with Gasteiger partial charge in [0.05, 0.1) is 0 Å². The van der Waals surface area contributed by atoms with E-state index in [1.54, 1.807) is 46.7 Å². The number of alkyl halides is 6. The Morgan fingerprint density at radius 1 is 0.714 bits per heavy atom. The third-order valence-corrected chi connectivity index (χ3v) is 7.97. The monoisotopic (exact) mass is 555 g/mol. The summed E-state index contributed by atoms with van der Waals surface area (Å²) in [5.74, 6) is -1.27. The van der Waals surface area contributed by atoms with E-state index in [-0.39, 0.29) is 13.1 Å². The van der Waals surface area contributed by atoms with Gasteiger partial charge in [-0.3, -0.25) is 4.90 Å². The molecule has 0 saturated carbocycles. The van der Waals surface area contributed by atoms with Gasteiger partial charge in [-0.05, 0) is 24.3 Å². The van der Waals surface area contributed by atoms with Crippen LogP contribution in [0.25, 0.3) is 0 Å². The molecule has 0 saturated heterocycles. The van der Waals surface area contributed by atoms with Crippen molar-refractivity contribution in [2.75, 3.05) is 13.1 Å². The minimum atomic E-state index is -5.71. The Hall–Kier alpha value is -1.42. The van der Waals surface area contributed by atoms with Gasteiger partial charge < -0.3 is 0 Å². The zero-order valence-corrected chi connectivity index (χ0v) is 21.5. The lowest BCUT2D eigenvalue weighted by molar-refractivity contribution is -0.0457. The number of rotatable bonds is 12. The van der Waals surface area contributed by atoms with Gasteiger partial charge in [-0.25, -0.2) is 26.3 Å². The van der Waals surface area contributed by atoms with Crippen molar-refractivity contribution in [3.63, 3.8) is 0 Å². The van der Waals surface area contributed by atoms with Crippen LogP contribution >= 0.6 is 0 Å². The van der Waals surface area contributed by atoms with Crippen molar-refractivity contribution in [2.24, 2.45) is 11.8 Å². The van der Waals surface area contributed by atoms with E-state index >= 15 is 0 Å². The van der Waals surface area contributed by atoms with E-state index < -0.39 is 61.0 Å². The normalized spacial score (nSPS) is 16.6. The van der Waals surface area contributed by atoms with Gasteiger partial charge in [-0.15, -0.1) is 0 Å². The molecule has 0 unspecified atom stereocenters. The molecule has 0 bridgehead atoms. The minimum absolute atomic E-state index is 0.333. The molecule has 7 nitrogen and oxygen atoms in total. The maximum atomic E-state index is 13.0. The van der Waals surface area contributed by atoms with Gasteiger partial charge in [0.1, 0.15) is 0 Å². The summed E-state index contributed by atoms with van der Waals surface area (Å²) in [6.45, 7) is 6.92. The second kappa shape index (κ2) is 11.8. The fourth-order valence-corrected chi connectivity index (χ4v) is 4.90. The Balaban J connectivity index is 3.39. The molecular weight excluding hydrogens is 524 g/mol. The highest BCUT2D eigenvalue weighted by atomic mass is 32.2. The number of benzene rings is 1. The van der Waals surface area contributed by atoms with E-state index in [9.17, 15) is 43.2 Å². The molecule has 0 aliphatic heterocycles. The van der Waals surface area contributed by atoms with E-state index in [4.69, 9.17) is 0 Å². The quantitative estimate of drug-likeness (QED) is 0.381. The van der Waals surface area contributed by atoms with Crippen molar-refractivity contribution in [3.05, 3.63) is 35.9 Å². The maximum Gasteiger partial charge on any atom is 0.511 e. The van der Waals surface area contributed by atoms with Crippen molar-refractivity contribution in [3.8, 4) is 0 Å². The van der Waals surface area contributed by atoms with E-state index in [0.717, 1.165) is 0 Å². The van der Waals surface area contributed by atoms with Crippen molar-refractivity contribution in [2.45, 2.75) is 63.8 Å². The summed E-state index contributed by atoms with van der Waals surface area (Å²) in [6, 6.07) is 5.29. The topological polar surface area (TPSA) is 95.6 Å². The predicted molar refractivity (Wildman–Crippen MR) is 120 cm³/mol. The molecule has 35 heavy (non-hydrogen) atoms. The first-order valence-electron chi connectivity index (χ1n) is 10.7. The van der Waals surface area contributed by atoms with E-state index in [1.807, 2.05) is 0 Å². The lowest BCUT2D eigenvalue weighted by Gasteiger charge is -2.38. The van der Waals surface area contributed by atoms with E-state index in [1.165, 1.54) is 32.6 Å². The van der Waals surface area contributed by atoms with Crippen molar-refractivity contribution in [1.29, 1.82) is 0 Å². The molecule has 1 aromatic carbocycles. The van der Waals surface area contributed by atoms with Gasteiger partial charge in [0.15, 0.2) is 0 Å². The first-order chi connectivity index (χ1) is 15.7. The Kier molecular flexibility index (Phi) is 10.6. The first kappa shape index (κ1) is 31.6. The molecule has 0 aliphatic rings. The molecule has 0 aromatic heterocycles. The summed E-state index contributed by atoms with van der Waals surface area (Å²) in [7, 11) is -11.4. The van der Waals surface area contributed by atoms with E-state index in [0.29, 0.717) is 5.56 Å². The van der Waals surface area contributed by atoms with Crippen LogP contribution in [-0.4, -0.2) is 57.9 Å². The SMILES string of the molecule is CC(C)[C@@H](CN(C[C@@H](NS(=O)(=O)C(F)(F)F)C(C)C)[C@H](C)c1ccccc1)NS(=O)(=O)C(F)(F)F. The number of nitrogens with one attached hydrogen (secondary N) is 2. The van der Waals surface area contributed by atoms with Crippen LogP contribution in [0.15, 0.2) is 30.3 Å². The highest BCUT2D eigenvalue weighted by molar-refractivity contribution is 7.90. The van der Waals surface area contributed by atoms with Crippen molar-refractivity contribution >= 4 is 20.0 Å². The molecule has 0 radical (unpaired) electrons. The molecular formula is C20H31F6N3O4S2. The summed E-state index contributed by atoms with van der Waals surface area (Å²) < 4.78 is 128. The van der Waals surface area contributed by atoms with Crippen molar-refractivity contribution in [1.82, 2.24) is 14.3 Å². The Bertz CT molecular complexity index is 954. The van der Waals surface area contributed by atoms with Crippen LogP contribution in [0.2, 0.25) is 0 Å². The summed E-state index contributed by atoms with van der Waals surface area (Å²) >= 11 is 0. The fourth-order valence-electron chi connectivity index (χ4n) is 3.14. The average Bonchev–Trinajstić information content (AvgIpc) is 2.69. The molecule has 3 atom stereocenters. The number of hydrogen-bond acceptors (Lipinski definition) is 5. The third-order valence-electron chi connectivity index (χ3n) is 5.52. The van der Waals surface area contributed by atoms with Gasteiger partial charge in [0.2, 0.25) is 0 Å². The van der Waals surface area contributed by atoms with Crippen LogP contribution in [0.3, 0.4) is 0 Å². The predicted octanol–water partition coefficient (Wildman–Crippen LogP) is 3.98. The summed E-state index contributed by atoms with van der Waals surface area (Å²) in [5.41, 5.74) is -10.5. The number of nitrogens with zero attached hydrogens (tertiary/aromatic N) is 1. The Morgan fingerprint density at radius 3 is 1.34 bits per heavy atom. The molecule has 204 valence electrons. The highest BCUT2D eigenvalue weighted by Gasteiger charge is 2.48. The van der Waals surface area contributed by atoms with Crippen molar-refractivity contribution < 1.29 is 43.2 Å². The van der Waals surface area contributed by atoms with Gasteiger partial charge in [-0.2, -0.15) is 26.3 Å². The van der Waals surface area contributed by atoms with Gasteiger partial charge in [0, 0.05) is 31.2 Å². The largest absolute Gasteiger partial charge is 0.511 e. The number of halogens is 6. The van der Waals surface area contributed by atoms with Crippen LogP contribution in [0, 0.1) is 11.8 Å². The fraction of sp³-hybridized carbons (Fsp3) is 0.700.